The number of hydrogen-bond donors (Lipinski definition) is 1. The summed E-state index contributed by atoms with van der Waals surface area (Å²) in [6.07, 6.45) is 2.12. The number of carbonyl (C=O) groups excluding carboxylic acids is 1. The maximum atomic E-state index is 10.8. The van der Waals surface area contributed by atoms with Crippen molar-refractivity contribution < 1.29 is 4.79 Å². The van der Waals surface area contributed by atoms with E-state index in [2.05, 4.69) is 46.7 Å². The maximum absolute atomic E-state index is 10.8. The normalized spacial score (nSPS) is 11.1. The molecule has 0 atom stereocenters. The molecule has 0 spiro atoms. The lowest BCUT2D eigenvalue weighted by molar-refractivity contribution is 0.554. The molecule has 1 radical (unpaired) electrons. The molecule has 4 aromatic rings. The molecule has 0 saturated heterocycles. The van der Waals surface area contributed by atoms with Gasteiger partial charge in [0.1, 0.15) is 5.54 Å². The Kier molecular flexibility index (Phi) is 5.31. The van der Waals surface area contributed by atoms with Gasteiger partial charge in [0.05, 0.1) is 12.1 Å². The van der Waals surface area contributed by atoms with Crippen LogP contribution in [0.4, 0.5) is 5.13 Å². The van der Waals surface area contributed by atoms with Crippen molar-refractivity contribution in [1.29, 1.82) is 0 Å². The van der Waals surface area contributed by atoms with Gasteiger partial charge in [0.2, 0.25) is 6.29 Å². The second-order valence-electron chi connectivity index (χ2n) is 6.44. The van der Waals surface area contributed by atoms with Gasteiger partial charge in [0, 0.05) is 5.38 Å². The molecule has 3 aromatic carbocycles. The van der Waals surface area contributed by atoms with Crippen molar-refractivity contribution in [2.45, 2.75) is 12.0 Å². The first kappa shape index (κ1) is 18.1. The zero-order valence-electron chi connectivity index (χ0n) is 15.2. The number of thiazole rings is 1. The van der Waals surface area contributed by atoms with Crippen molar-refractivity contribution in [3.63, 3.8) is 0 Å². The lowest BCUT2D eigenvalue weighted by Crippen LogP contribution is -2.38. The van der Waals surface area contributed by atoms with Crippen molar-refractivity contribution >= 4 is 22.8 Å². The van der Waals surface area contributed by atoms with Gasteiger partial charge in [-0.25, -0.2) is 4.98 Å². The first-order chi connectivity index (χ1) is 13.8. The molecule has 28 heavy (non-hydrogen) atoms. The van der Waals surface area contributed by atoms with Gasteiger partial charge < -0.3 is 5.32 Å². The molecule has 0 bridgehead atoms. The van der Waals surface area contributed by atoms with Crippen molar-refractivity contribution in [2.24, 2.45) is 0 Å². The van der Waals surface area contributed by atoms with Crippen LogP contribution >= 0.6 is 11.3 Å². The Bertz CT molecular complexity index is 933. The van der Waals surface area contributed by atoms with Crippen LogP contribution in [-0.2, 0) is 16.8 Å². The smallest absolute Gasteiger partial charge is 0.204 e. The Balaban J connectivity index is 1.93. The SMILES string of the molecule is O=[C]Cc1csc(NC(c2ccccc2)(c2ccccc2)c2ccccc2)n1. The molecule has 0 unspecified atom stereocenters. The van der Waals surface area contributed by atoms with Crippen molar-refractivity contribution in [3.8, 4) is 0 Å². The summed E-state index contributed by atoms with van der Waals surface area (Å²) in [6, 6.07) is 31.1. The van der Waals surface area contributed by atoms with Crippen LogP contribution in [0.15, 0.2) is 96.4 Å². The third kappa shape index (κ3) is 3.47. The van der Waals surface area contributed by atoms with E-state index in [1.54, 1.807) is 0 Å². The van der Waals surface area contributed by atoms with Gasteiger partial charge in [0.15, 0.2) is 5.13 Å². The molecular weight excluding hydrogens is 364 g/mol. The Morgan fingerprint density at radius 1 is 0.786 bits per heavy atom. The summed E-state index contributed by atoms with van der Waals surface area (Å²) in [4.78, 5) is 15.4. The molecule has 0 saturated carbocycles. The minimum atomic E-state index is -0.607. The van der Waals surface area contributed by atoms with E-state index in [1.807, 2.05) is 66.3 Å². The molecule has 0 fully saturated rings. The average molecular weight is 383 g/mol. The van der Waals surface area contributed by atoms with E-state index in [4.69, 9.17) is 0 Å². The summed E-state index contributed by atoms with van der Waals surface area (Å²) in [5.41, 5.74) is 3.47. The van der Waals surface area contributed by atoms with Crippen LogP contribution in [0.2, 0.25) is 0 Å². The summed E-state index contributed by atoms with van der Waals surface area (Å²) in [6.45, 7) is 0. The summed E-state index contributed by atoms with van der Waals surface area (Å²) < 4.78 is 0. The first-order valence-electron chi connectivity index (χ1n) is 9.07. The van der Waals surface area contributed by atoms with E-state index < -0.39 is 5.54 Å². The molecule has 0 amide bonds. The van der Waals surface area contributed by atoms with Crippen LogP contribution < -0.4 is 5.32 Å². The molecule has 1 aromatic heterocycles. The van der Waals surface area contributed by atoms with Gasteiger partial charge >= 0.3 is 0 Å². The molecule has 0 aliphatic rings. The van der Waals surface area contributed by atoms with E-state index in [0.29, 0.717) is 0 Å². The molecule has 3 nitrogen and oxygen atoms in total. The number of rotatable bonds is 7. The second kappa shape index (κ2) is 8.19. The lowest BCUT2D eigenvalue weighted by atomic mass is 9.77. The van der Waals surface area contributed by atoms with Crippen LogP contribution in [0.3, 0.4) is 0 Å². The van der Waals surface area contributed by atoms with Gasteiger partial charge in [0.25, 0.3) is 0 Å². The van der Waals surface area contributed by atoms with E-state index in [9.17, 15) is 4.79 Å². The summed E-state index contributed by atoms with van der Waals surface area (Å²) in [5, 5.41) is 6.37. The van der Waals surface area contributed by atoms with Crippen molar-refractivity contribution in [1.82, 2.24) is 4.98 Å². The molecule has 137 valence electrons. The maximum Gasteiger partial charge on any atom is 0.204 e. The molecule has 0 aliphatic carbocycles. The average Bonchev–Trinajstić information content (AvgIpc) is 3.21. The largest absolute Gasteiger partial charge is 0.344 e. The van der Waals surface area contributed by atoms with Gasteiger partial charge in [-0.1, -0.05) is 91.0 Å². The van der Waals surface area contributed by atoms with Crippen molar-refractivity contribution in [3.05, 3.63) is 119 Å². The summed E-state index contributed by atoms with van der Waals surface area (Å²) in [7, 11) is 0. The van der Waals surface area contributed by atoms with Crippen molar-refractivity contribution in [2.75, 3.05) is 5.32 Å². The number of aromatic nitrogens is 1. The topological polar surface area (TPSA) is 42.0 Å². The van der Waals surface area contributed by atoms with Crippen LogP contribution in [0.5, 0.6) is 0 Å². The summed E-state index contributed by atoms with van der Waals surface area (Å²) in [5.74, 6) is 0. The molecule has 0 aliphatic heterocycles. The third-order valence-corrected chi connectivity index (χ3v) is 5.53. The number of anilines is 1. The number of nitrogens with one attached hydrogen (secondary N) is 1. The Labute approximate surface area is 168 Å². The number of hydrogen-bond acceptors (Lipinski definition) is 4. The highest BCUT2D eigenvalue weighted by atomic mass is 32.1. The highest BCUT2D eigenvalue weighted by Gasteiger charge is 2.37. The fourth-order valence-corrected chi connectivity index (χ4v) is 4.23. The Hall–Kier alpha value is -3.24. The lowest BCUT2D eigenvalue weighted by Gasteiger charge is -2.36. The van der Waals surface area contributed by atoms with Crippen LogP contribution in [-0.4, -0.2) is 11.3 Å². The molecule has 1 N–H and O–H groups in total. The standard InChI is InChI=1S/C24H19N2OS/c27-17-16-22-18-28-23(25-22)26-24(19-10-4-1-5-11-19,20-12-6-2-7-13-20)21-14-8-3-9-15-21/h1-15,18H,16H2,(H,25,26). The van der Waals surface area contributed by atoms with Crippen LogP contribution in [0.25, 0.3) is 0 Å². The fraction of sp³-hybridized carbons (Fsp3) is 0.0833. The first-order valence-corrected chi connectivity index (χ1v) is 9.95. The molecular formula is C24H19N2OS. The van der Waals surface area contributed by atoms with Gasteiger partial charge in [-0.15, -0.1) is 11.3 Å². The quantitative estimate of drug-likeness (QED) is 0.446. The van der Waals surface area contributed by atoms with Gasteiger partial charge in [-0.3, -0.25) is 4.79 Å². The Morgan fingerprint density at radius 3 is 1.68 bits per heavy atom. The van der Waals surface area contributed by atoms with Crippen LogP contribution in [0, 0.1) is 0 Å². The monoisotopic (exact) mass is 383 g/mol. The number of nitrogens with zero attached hydrogens (tertiary/aromatic N) is 1. The van der Waals surface area contributed by atoms with E-state index in [0.717, 1.165) is 27.5 Å². The highest BCUT2D eigenvalue weighted by Crippen LogP contribution is 2.40. The molecule has 4 rings (SSSR count). The fourth-order valence-electron chi connectivity index (χ4n) is 3.46. The van der Waals surface area contributed by atoms with Crippen LogP contribution in [0.1, 0.15) is 22.4 Å². The zero-order valence-corrected chi connectivity index (χ0v) is 16.0. The second-order valence-corrected chi connectivity index (χ2v) is 7.30. The Morgan fingerprint density at radius 2 is 1.25 bits per heavy atom. The summed E-state index contributed by atoms with van der Waals surface area (Å²) >= 11 is 1.50. The molecule has 1 heterocycles. The van der Waals surface area contributed by atoms with Gasteiger partial charge in [-0.2, -0.15) is 0 Å². The predicted molar refractivity (Wildman–Crippen MR) is 114 cm³/mol. The minimum Gasteiger partial charge on any atom is -0.344 e. The molecule has 4 heteroatoms. The van der Waals surface area contributed by atoms with Gasteiger partial charge in [-0.05, 0) is 16.7 Å². The zero-order chi connectivity index (χ0) is 19.2. The third-order valence-electron chi connectivity index (χ3n) is 4.72. The highest BCUT2D eigenvalue weighted by molar-refractivity contribution is 7.13. The van der Waals surface area contributed by atoms with E-state index in [1.165, 1.54) is 11.3 Å². The van der Waals surface area contributed by atoms with E-state index >= 15 is 0 Å². The minimum absolute atomic E-state index is 0.202. The van der Waals surface area contributed by atoms with E-state index in [-0.39, 0.29) is 6.42 Å². The predicted octanol–water partition coefficient (Wildman–Crippen LogP) is 5.20. The number of benzene rings is 3.